The Morgan fingerprint density at radius 1 is 1.36 bits per heavy atom. The van der Waals surface area contributed by atoms with Gasteiger partial charge in [-0.1, -0.05) is 0 Å². The maximum absolute atomic E-state index is 11.7. The second kappa shape index (κ2) is 7.85. The van der Waals surface area contributed by atoms with E-state index in [0.29, 0.717) is 0 Å². The second-order valence-electron chi connectivity index (χ2n) is 2.37. The Morgan fingerprint density at radius 2 is 1.71 bits per heavy atom. The summed E-state index contributed by atoms with van der Waals surface area (Å²) in [5, 5.41) is 10.5. The van der Waals surface area contributed by atoms with Crippen LogP contribution in [-0.2, 0) is 18.4 Å². The zero-order valence-electron chi connectivity index (χ0n) is 8.98. The predicted molar refractivity (Wildman–Crippen MR) is 45.3 cm³/mol. The van der Waals surface area contributed by atoms with Crippen LogP contribution in [0, 0.1) is 0 Å². The van der Waals surface area contributed by atoms with E-state index < -0.39 is 19.2 Å². The first-order chi connectivity index (χ1) is 5.98. The second-order valence-corrected chi connectivity index (χ2v) is 4.74. The molecule has 0 saturated heterocycles. The van der Waals surface area contributed by atoms with Crippen molar-refractivity contribution in [1.82, 2.24) is 0 Å². The van der Waals surface area contributed by atoms with Gasteiger partial charge in [0.15, 0.2) is 0 Å². The van der Waals surface area contributed by atoms with Crippen LogP contribution in [0.15, 0.2) is 0 Å². The SMILES string of the molecule is CCOP(=O)(OCC)C(C)C(=O)[O-].[Na+]. The van der Waals surface area contributed by atoms with Crippen molar-refractivity contribution in [3.8, 4) is 0 Å². The first-order valence-electron chi connectivity index (χ1n) is 4.07. The van der Waals surface area contributed by atoms with Gasteiger partial charge in [-0.25, -0.2) is 0 Å². The van der Waals surface area contributed by atoms with Gasteiger partial charge in [0.1, 0.15) is 0 Å². The molecule has 1 atom stereocenters. The van der Waals surface area contributed by atoms with E-state index in [4.69, 9.17) is 9.05 Å². The molecule has 0 fully saturated rings. The molecular formula is C7H14NaO5P. The first kappa shape index (κ1) is 17.0. The van der Waals surface area contributed by atoms with Crippen molar-refractivity contribution in [3.05, 3.63) is 0 Å². The predicted octanol–water partition coefficient (Wildman–Crippen LogP) is -2.61. The van der Waals surface area contributed by atoms with E-state index >= 15 is 0 Å². The summed E-state index contributed by atoms with van der Waals surface area (Å²) in [6, 6.07) is 0. The van der Waals surface area contributed by atoms with Crippen LogP contribution in [0.1, 0.15) is 20.8 Å². The van der Waals surface area contributed by atoms with E-state index in [2.05, 4.69) is 0 Å². The molecule has 0 N–H and O–H groups in total. The number of carbonyl (C=O) groups is 1. The Balaban J connectivity index is 0. The molecule has 0 spiro atoms. The Labute approximate surface area is 106 Å². The van der Waals surface area contributed by atoms with Crippen LogP contribution in [0.25, 0.3) is 0 Å². The molecule has 0 bridgehead atoms. The molecule has 78 valence electrons. The maximum atomic E-state index is 11.7. The zero-order chi connectivity index (χ0) is 10.5. The minimum Gasteiger partial charge on any atom is -0.549 e. The van der Waals surface area contributed by atoms with Crippen LogP contribution < -0.4 is 34.7 Å². The summed E-state index contributed by atoms with van der Waals surface area (Å²) in [6.07, 6.45) is 0. The standard InChI is InChI=1S/C7H15O5P.Na/c1-4-11-13(10,12-5-2)6(3)7(8)9;/h6H,4-5H2,1-3H3,(H,8,9);/q;+1/p-1. The van der Waals surface area contributed by atoms with Crippen LogP contribution in [-0.4, -0.2) is 24.8 Å². The largest absolute Gasteiger partial charge is 1.00 e. The molecule has 14 heavy (non-hydrogen) atoms. The van der Waals surface area contributed by atoms with Gasteiger partial charge in [-0.05, 0) is 20.8 Å². The molecular weight excluding hydrogens is 218 g/mol. The number of aliphatic carboxylic acids is 1. The Hall–Kier alpha value is 0.620. The summed E-state index contributed by atoms with van der Waals surface area (Å²) in [5.41, 5.74) is -1.23. The Kier molecular flexibility index (Phi) is 9.55. The number of rotatable bonds is 6. The summed E-state index contributed by atoms with van der Waals surface area (Å²) in [6.45, 7) is 4.78. The van der Waals surface area contributed by atoms with Crippen molar-refractivity contribution in [1.29, 1.82) is 0 Å². The molecule has 7 heteroatoms. The summed E-state index contributed by atoms with van der Waals surface area (Å²) >= 11 is 0. The average molecular weight is 232 g/mol. The third-order valence-corrected chi connectivity index (χ3v) is 3.83. The summed E-state index contributed by atoms with van der Waals surface area (Å²) in [5.74, 6) is -1.43. The van der Waals surface area contributed by atoms with Crippen LogP contribution in [0.3, 0.4) is 0 Å². The normalized spacial score (nSPS) is 13.1. The maximum Gasteiger partial charge on any atom is 1.00 e. The summed E-state index contributed by atoms with van der Waals surface area (Å²) in [7, 11) is -3.53. The van der Waals surface area contributed by atoms with Crippen molar-refractivity contribution < 1.29 is 53.1 Å². The molecule has 5 nitrogen and oxygen atoms in total. The van der Waals surface area contributed by atoms with Gasteiger partial charge in [0.25, 0.3) is 0 Å². The molecule has 0 saturated carbocycles. The summed E-state index contributed by atoms with van der Waals surface area (Å²) in [4.78, 5) is 10.5. The van der Waals surface area contributed by atoms with Crippen LogP contribution in [0.2, 0.25) is 0 Å². The number of hydrogen-bond donors (Lipinski definition) is 0. The molecule has 0 amide bonds. The fourth-order valence-electron chi connectivity index (χ4n) is 0.750. The van der Waals surface area contributed by atoms with E-state index in [0.717, 1.165) is 0 Å². The number of carboxylic acids is 1. The van der Waals surface area contributed by atoms with E-state index in [1.807, 2.05) is 0 Å². The van der Waals surface area contributed by atoms with E-state index in [-0.39, 0.29) is 42.8 Å². The molecule has 0 aliphatic heterocycles. The third kappa shape index (κ3) is 4.91. The van der Waals surface area contributed by atoms with Gasteiger partial charge in [-0.15, -0.1) is 0 Å². The minimum atomic E-state index is -3.53. The third-order valence-electron chi connectivity index (χ3n) is 1.43. The van der Waals surface area contributed by atoms with E-state index in [1.165, 1.54) is 6.92 Å². The minimum absolute atomic E-state index is 0. The van der Waals surface area contributed by atoms with Crippen molar-refractivity contribution in [3.63, 3.8) is 0 Å². The summed E-state index contributed by atoms with van der Waals surface area (Å²) < 4.78 is 21.3. The van der Waals surface area contributed by atoms with Gasteiger partial charge in [-0.2, -0.15) is 0 Å². The molecule has 0 aliphatic carbocycles. The van der Waals surface area contributed by atoms with Crippen molar-refractivity contribution in [2.75, 3.05) is 13.2 Å². The number of carboxylic acid groups (broad SMARTS) is 1. The van der Waals surface area contributed by atoms with Crippen LogP contribution in [0.5, 0.6) is 0 Å². The molecule has 0 aliphatic rings. The Morgan fingerprint density at radius 3 is 1.93 bits per heavy atom. The van der Waals surface area contributed by atoms with Crippen LogP contribution >= 0.6 is 7.60 Å². The fourth-order valence-corrected chi connectivity index (χ4v) is 2.25. The first-order valence-corrected chi connectivity index (χ1v) is 5.68. The number of carbonyl (C=O) groups excluding carboxylic acids is 1. The zero-order valence-corrected chi connectivity index (χ0v) is 11.9. The Bertz CT molecular complexity index is 210. The quantitative estimate of drug-likeness (QED) is 0.370. The monoisotopic (exact) mass is 232 g/mol. The molecule has 0 radical (unpaired) electrons. The van der Waals surface area contributed by atoms with Crippen molar-refractivity contribution in [2.24, 2.45) is 0 Å². The molecule has 1 unspecified atom stereocenters. The van der Waals surface area contributed by atoms with E-state index in [1.54, 1.807) is 13.8 Å². The molecule has 0 aromatic rings. The van der Waals surface area contributed by atoms with Gasteiger partial charge < -0.3 is 18.9 Å². The molecule has 0 aromatic heterocycles. The molecule has 0 aromatic carbocycles. The van der Waals surface area contributed by atoms with Crippen LogP contribution in [0.4, 0.5) is 0 Å². The van der Waals surface area contributed by atoms with Crippen molar-refractivity contribution in [2.45, 2.75) is 26.4 Å². The average Bonchev–Trinajstić information content (AvgIpc) is 2.03. The number of hydrogen-bond acceptors (Lipinski definition) is 5. The molecule has 0 heterocycles. The smallest absolute Gasteiger partial charge is 0.549 e. The van der Waals surface area contributed by atoms with Gasteiger partial charge in [0.05, 0.1) is 24.8 Å². The fraction of sp³-hybridized carbons (Fsp3) is 0.857. The topological polar surface area (TPSA) is 75.7 Å². The van der Waals surface area contributed by atoms with Gasteiger partial charge >= 0.3 is 37.2 Å². The van der Waals surface area contributed by atoms with Gasteiger partial charge in [0.2, 0.25) is 0 Å². The van der Waals surface area contributed by atoms with Gasteiger partial charge in [0, 0.05) is 0 Å². The van der Waals surface area contributed by atoms with E-state index in [9.17, 15) is 14.5 Å². The van der Waals surface area contributed by atoms with Gasteiger partial charge in [-0.3, -0.25) is 4.57 Å². The molecule has 0 rings (SSSR count). The van der Waals surface area contributed by atoms with Crippen molar-refractivity contribution >= 4 is 13.6 Å².